The summed E-state index contributed by atoms with van der Waals surface area (Å²) in [7, 11) is 0. The fraction of sp³-hybridized carbons (Fsp3) is 0.500. The summed E-state index contributed by atoms with van der Waals surface area (Å²) in [6.45, 7) is 1.94. The van der Waals surface area contributed by atoms with Gasteiger partial charge >= 0.3 is 0 Å². The minimum Gasteiger partial charge on any atom is -0.370 e. The van der Waals surface area contributed by atoms with Gasteiger partial charge in [0.15, 0.2) is 0 Å². The zero-order valence-electron chi connectivity index (χ0n) is 16.9. The summed E-state index contributed by atoms with van der Waals surface area (Å²) in [5.41, 5.74) is 1.74. The Labute approximate surface area is 186 Å². The number of nitrogens with zero attached hydrogens (tertiary/aromatic N) is 4. The van der Waals surface area contributed by atoms with Crippen LogP contribution in [0.4, 0.5) is 11.6 Å². The van der Waals surface area contributed by atoms with Crippen LogP contribution in [0, 0.1) is 5.92 Å². The van der Waals surface area contributed by atoms with Crippen molar-refractivity contribution in [1.82, 2.24) is 19.9 Å². The number of fused-ring (bicyclic) bond motifs is 1. The Hall–Kier alpha value is -2.05. The van der Waals surface area contributed by atoms with Gasteiger partial charge in [-0.25, -0.2) is 15.0 Å². The van der Waals surface area contributed by atoms with Gasteiger partial charge in [-0.1, -0.05) is 42.5 Å². The number of aromatic nitrogens is 4. The topological polar surface area (TPSA) is 69.7 Å². The lowest BCUT2D eigenvalue weighted by atomic mass is 9.89. The van der Waals surface area contributed by atoms with E-state index >= 15 is 0 Å². The van der Waals surface area contributed by atoms with Gasteiger partial charge in [0.05, 0.1) is 27.1 Å². The van der Waals surface area contributed by atoms with Crippen molar-refractivity contribution in [3.05, 3.63) is 40.4 Å². The van der Waals surface area contributed by atoms with Gasteiger partial charge in [0.25, 0.3) is 0 Å². The number of H-pyrrole nitrogens is 1. The van der Waals surface area contributed by atoms with Crippen molar-refractivity contribution in [2.45, 2.75) is 51.0 Å². The number of nitrogens with one attached hydrogen (secondary N) is 2. The summed E-state index contributed by atoms with van der Waals surface area (Å²) >= 11 is 12.3. The smallest absolute Gasteiger partial charge is 0.134 e. The van der Waals surface area contributed by atoms with Gasteiger partial charge in [0.2, 0.25) is 0 Å². The van der Waals surface area contributed by atoms with E-state index in [0.29, 0.717) is 10.0 Å². The number of imidazole rings is 1. The van der Waals surface area contributed by atoms with Crippen molar-refractivity contribution in [2.24, 2.45) is 5.92 Å². The normalized spacial score (nSPS) is 20.2. The SMILES string of the molecule is Clc1cc2nc([C@@H]3CCCN3c3cc(NCC4CCCCC4)ncn3)[nH]c2cc1Cl. The van der Waals surface area contributed by atoms with Crippen LogP contribution in [0.3, 0.4) is 0 Å². The third kappa shape index (κ3) is 4.08. The molecule has 2 N–H and O–H groups in total. The van der Waals surface area contributed by atoms with Crippen LogP contribution in [0.25, 0.3) is 11.0 Å². The lowest BCUT2D eigenvalue weighted by Gasteiger charge is -2.25. The largest absolute Gasteiger partial charge is 0.370 e. The van der Waals surface area contributed by atoms with E-state index in [1.807, 2.05) is 12.1 Å². The summed E-state index contributed by atoms with van der Waals surface area (Å²) in [4.78, 5) is 19.6. The van der Waals surface area contributed by atoms with Crippen LogP contribution >= 0.6 is 23.2 Å². The summed E-state index contributed by atoms with van der Waals surface area (Å²) in [5, 5.41) is 4.59. The summed E-state index contributed by atoms with van der Waals surface area (Å²) in [6.07, 6.45) is 10.5. The minimum absolute atomic E-state index is 0.149. The van der Waals surface area contributed by atoms with E-state index in [2.05, 4.69) is 31.2 Å². The molecule has 1 aliphatic carbocycles. The molecule has 158 valence electrons. The second-order valence-corrected chi connectivity index (χ2v) is 9.22. The second kappa shape index (κ2) is 8.60. The molecule has 6 nitrogen and oxygen atoms in total. The average Bonchev–Trinajstić information content (AvgIpc) is 3.40. The highest BCUT2D eigenvalue weighted by Gasteiger charge is 2.30. The van der Waals surface area contributed by atoms with Crippen LogP contribution in [0.15, 0.2) is 24.5 Å². The van der Waals surface area contributed by atoms with Gasteiger partial charge in [0.1, 0.15) is 23.8 Å². The molecule has 2 aromatic heterocycles. The fourth-order valence-electron chi connectivity index (χ4n) is 4.75. The molecule has 0 unspecified atom stereocenters. The van der Waals surface area contributed by atoms with Crippen molar-refractivity contribution in [3.63, 3.8) is 0 Å². The van der Waals surface area contributed by atoms with E-state index in [4.69, 9.17) is 28.2 Å². The molecular weight excluding hydrogens is 419 g/mol. The van der Waals surface area contributed by atoms with E-state index in [1.165, 1.54) is 32.1 Å². The van der Waals surface area contributed by atoms with E-state index in [-0.39, 0.29) is 6.04 Å². The van der Waals surface area contributed by atoms with Gasteiger partial charge in [-0.2, -0.15) is 0 Å². The van der Waals surface area contributed by atoms with E-state index < -0.39 is 0 Å². The number of hydrogen-bond donors (Lipinski definition) is 2. The Bertz CT molecular complexity index is 991. The van der Waals surface area contributed by atoms with Crippen LogP contribution in [-0.2, 0) is 0 Å². The van der Waals surface area contributed by atoms with Crippen molar-refractivity contribution in [1.29, 1.82) is 0 Å². The van der Waals surface area contributed by atoms with Crippen molar-refractivity contribution < 1.29 is 0 Å². The third-order valence-corrected chi connectivity index (χ3v) is 7.08. The fourth-order valence-corrected chi connectivity index (χ4v) is 5.07. The first kappa shape index (κ1) is 19.9. The summed E-state index contributed by atoms with van der Waals surface area (Å²) < 4.78 is 0. The number of rotatable bonds is 5. The molecule has 0 spiro atoms. The van der Waals surface area contributed by atoms with Crippen LogP contribution < -0.4 is 10.2 Å². The molecule has 3 heterocycles. The standard InChI is InChI=1S/C22H26Cl2N6/c23-15-9-17-18(10-16(15)24)29-22(28-17)19-7-4-8-30(19)21-11-20(26-13-27-21)25-12-14-5-2-1-3-6-14/h9-11,13-14,19H,1-8,12H2,(H,28,29)(H,25,26,27)/t19-/m0/s1. The van der Waals surface area contributed by atoms with Crippen molar-refractivity contribution in [2.75, 3.05) is 23.3 Å². The molecule has 1 atom stereocenters. The Kier molecular flexibility index (Phi) is 5.70. The molecule has 3 aromatic rings. The number of benzene rings is 1. The second-order valence-electron chi connectivity index (χ2n) is 8.40. The Morgan fingerprint density at radius 1 is 1.00 bits per heavy atom. The molecule has 1 aromatic carbocycles. The molecule has 5 rings (SSSR count). The first-order valence-corrected chi connectivity index (χ1v) is 11.6. The number of halogens is 2. The van der Waals surface area contributed by atoms with Crippen molar-refractivity contribution in [3.8, 4) is 0 Å². The molecular formula is C22H26Cl2N6. The van der Waals surface area contributed by atoms with Crippen molar-refractivity contribution >= 4 is 45.9 Å². The Morgan fingerprint density at radius 2 is 1.83 bits per heavy atom. The van der Waals surface area contributed by atoms with E-state index in [9.17, 15) is 0 Å². The van der Waals surface area contributed by atoms with Gasteiger partial charge < -0.3 is 15.2 Å². The molecule has 1 aliphatic heterocycles. The van der Waals surface area contributed by atoms with Gasteiger partial charge in [0, 0.05) is 19.2 Å². The predicted molar refractivity (Wildman–Crippen MR) is 123 cm³/mol. The first-order chi connectivity index (χ1) is 14.7. The number of anilines is 2. The average molecular weight is 445 g/mol. The highest BCUT2D eigenvalue weighted by molar-refractivity contribution is 6.42. The molecule has 2 fully saturated rings. The molecule has 1 saturated heterocycles. The van der Waals surface area contributed by atoms with Gasteiger partial charge in [-0.05, 0) is 43.7 Å². The minimum atomic E-state index is 0.149. The maximum Gasteiger partial charge on any atom is 0.134 e. The van der Waals surface area contributed by atoms with E-state index in [0.717, 1.165) is 60.3 Å². The zero-order valence-corrected chi connectivity index (χ0v) is 18.4. The Morgan fingerprint density at radius 3 is 2.70 bits per heavy atom. The van der Waals surface area contributed by atoms with Crippen LogP contribution in [-0.4, -0.2) is 33.0 Å². The lowest BCUT2D eigenvalue weighted by Crippen LogP contribution is -2.25. The maximum atomic E-state index is 6.17. The lowest BCUT2D eigenvalue weighted by molar-refractivity contribution is 0.373. The maximum absolute atomic E-state index is 6.17. The summed E-state index contributed by atoms with van der Waals surface area (Å²) in [5.74, 6) is 3.52. The molecule has 0 amide bonds. The number of hydrogen-bond acceptors (Lipinski definition) is 5. The third-order valence-electron chi connectivity index (χ3n) is 6.35. The monoisotopic (exact) mass is 444 g/mol. The first-order valence-electron chi connectivity index (χ1n) is 10.8. The molecule has 0 bridgehead atoms. The Balaban J connectivity index is 1.34. The van der Waals surface area contributed by atoms with Crippen LogP contribution in [0.2, 0.25) is 10.0 Å². The van der Waals surface area contributed by atoms with Gasteiger partial charge in [-0.3, -0.25) is 0 Å². The highest BCUT2D eigenvalue weighted by Crippen LogP contribution is 2.36. The quantitative estimate of drug-likeness (QED) is 0.505. The van der Waals surface area contributed by atoms with Crippen LogP contribution in [0.5, 0.6) is 0 Å². The highest BCUT2D eigenvalue weighted by atomic mass is 35.5. The van der Waals surface area contributed by atoms with Gasteiger partial charge in [-0.15, -0.1) is 0 Å². The molecule has 1 saturated carbocycles. The van der Waals surface area contributed by atoms with Crippen LogP contribution in [0.1, 0.15) is 56.8 Å². The number of aromatic amines is 1. The molecule has 8 heteroatoms. The molecule has 30 heavy (non-hydrogen) atoms. The summed E-state index contributed by atoms with van der Waals surface area (Å²) in [6, 6.07) is 5.87. The van der Waals surface area contributed by atoms with E-state index in [1.54, 1.807) is 6.33 Å². The molecule has 2 aliphatic rings. The predicted octanol–water partition coefficient (Wildman–Crippen LogP) is 5.99. The zero-order chi connectivity index (χ0) is 20.5. The molecule has 0 radical (unpaired) electrons.